The number of rotatable bonds is 6. The first kappa shape index (κ1) is 14.9. The van der Waals surface area contributed by atoms with E-state index < -0.39 is 15.8 Å². The third-order valence-corrected chi connectivity index (χ3v) is 3.15. The predicted octanol–water partition coefficient (Wildman–Crippen LogP) is 0.804. The summed E-state index contributed by atoms with van der Waals surface area (Å²) in [5.41, 5.74) is 0. The Kier molecular flexibility index (Phi) is 5.06. The maximum absolute atomic E-state index is 13.5. The fraction of sp³-hybridized carbons (Fsp3) is 0.455. The highest BCUT2D eigenvalue weighted by atomic mass is 32.2. The summed E-state index contributed by atoms with van der Waals surface area (Å²) in [7, 11) is -0.0167. The van der Waals surface area contributed by atoms with E-state index in [1.807, 2.05) is 19.0 Å². The number of hydrogen-bond acceptors (Lipinski definition) is 4. The minimum Gasteiger partial charge on any atom is -0.490 e. The number of benzene rings is 1. The summed E-state index contributed by atoms with van der Waals surface area (Å²) in [6.45, 7) is 1.20. The van der Waals surface area contributed by atoms with Crippen molar-refractivity contribution in [2.45, 2.75) is 11.3 Å². The Bertz CT molecular complexity index is 503. The van der Waals surface area contributed by atoms with Crippen LogP contribution in [-0.4, -0.2) is 40.6 Å². The zero-order chi connectivity index (χ0) is 13.8. The molecule has 102 valence electrons. The van der Waals surface area contributed by atoms with Gasteiger partial charge < -0.3 is 9.64 Å². The molecule has 1 aromatic carbocycles. The molecule has 0 aliphatic carbocycles. The zero-order valence-electron chi connectivity index (χ0n) is 10.4. The molecule has 0 amide bonds. The summed E-state index contributed by atoms with van der Waals surface area (Å²) in [5.74, 6) is -0.701. The van der Waals surface area contributed by atoms with E-state index >= 15 is 0 Å². The van der Waals surface area contributed by atoms with Crippen LogP contribution in [0.25, 0.3) is 0 Å². The second-order valence-electron chi connectivity index (χ2n) is 4.14. The van der Waals surface area contributed by atoms with Gasteiger partial charge in [0.1, 0.15) is 0 Å². The molecule has 0 heterocycles. The Balaban J connectivity index is 2.64. The number of primary sulfonamides is 1. The van der Waals surface area contributed by atoms with Crippen LogP contribution in [0.3, 0.4) is 0 Å². The number of hydrogen-bond donors (Lipinski definition) is 1. The van der Waals surface area contributed by atoms with E-state index in [2.05, 4.69) is 0 Å². The van der Waals surface area contributed by atoms with E-state index in [9.17, 15) is 12.8 Å². The first-order valence-electron chi connectivity index (χ1n) is 5.40. The maximum Gasteiger partial charge on any atom is 0.238 e. The average Bonchev–Trinajstić information content (AvgIpc) is 2.24. The average molecular weight is 276 g/mol. The van der Waals surface area contributed by atoms with Crippen LogP contribution < -0.4 is 9.88 Å². The van der Waals surface area contributed by atoms with Crippen molar-refractivity contribution >= 4 is 10.0 Å². The van der Waals surface area contributed by atoms with E-state index in [0.29, 0.717) is 6.61 Å². The van der Waals surface area contributed by atoms with Crippen LogP contribution in [-0.2, 0) is 10.0 Å². The fourth-order valence-electron chi connectivity index (χ4n) is 1.34. The van der Waals surface area contributed by atoms with E-state index in [-0.39, 0.29) is 10.6 Å². The van der Waals surface area contributed by atoms with Crippen LogP contribution in [0.2, 0.25) is 0 Å². The Morgan fingerprint density at radius 1 is 1.39 bits per heavy atom. The van der Waals surface area contributed by atoms with Gasteiger partial charge >= 0.3 is 0 Å². The van der Waals surface area contributed by atoms with E-state index in [0.717, 1.165) is 19.0 Å². The molecular weight excluding hydrogens is 259 g/mol. The molecule has 5 nitrogen and oxygen atoms in total. The Hall–Kier alpha value is -1.18. The molecule has 0 unspecified atom stereocenters. The summed E-state index contributed by atoms with van der Waals surface area (Å²) in [6, 6.07) is 3.35. The summed E-state index contributed by atoms with van der Waals surface area (Å²) < 4.78 is 40.7. The lowest BCUT2D eigenvalue weighted by atomic mass is 10.3. The van der Waals surface area contributed by atoms with Crippen LogP contribution in [0.1, 0.15) is 6.42 Å². The third-order valence-electron chi connectivity index (χ3n) is 2.24. The smallest absolute Gasteiger partial charge is 0.238 e. The molecule has 18 heavy (non-hydrogen) atoms. The number of ether oxygens (including phenoxy) is 1. The number of sulfonamides is 1. The van der Waals surface area contributed by atoms with Gasteiger partial charge in [-0.2, -0.15) is 0 Å². The van der Waals surface area contributed by atoms with Crippen molar-refractivity contribution in [2.24, 2.45) is 5.14 Å². The molecule has 0 atom stereocenters. The molecule has 0 saturated heterocycles. The fourth-order valence-corrected chi connectivity index (χ4v) is 1.86. The zero-order valence-corrected chi connectivity index (χ0v) is 11.2. The molecule has 1 rings (SSSR count). The Morgan fingerprint density at radius 3 is 2.56 bits per heavy atom. The number of nitrogens with zero attached hydrogens (tertiary/aromatic N) is 1. The Morgan fingerprint density at radius 2 is 2.06 bits per heavy atom. The van der Waals surface area contributed by atoms with E-state index in [4.69, 9.17) is 9.88 Å². The van der Waals surface area contributed by atoms with Gasteiger partial charge in [-0.05, 0) is 38.7 Å². The van der Waals surface area contributed by atoms with Gasteiger partial charge in [0.25, 0.3) is 0 Å². The largest absolute Gasteiger partial charge is 0.490 e. The van der Waals surface area contributed by atoms with Crippen LogP contribution in [0.4, 0.5) is 4.39 Å². The van der Waals surface area contributed by atoms with Crippen molar-refractivity contribution < 1.29 is 17.5 Å². The molecule has 0 aromatic heterocycles. The monoisotopic (exact) mass is 276 g/mol. The van der Waals surface area contributed by atoms with E-state index in [1.165, 1.54) is 12.1 Å². The highest BCUT2D eigenvalue weighted by Gasteiger charge is 2.12. The summed E-state index contributed by atoms with van der Waals surface area (Å²) >= 11 is 0. The topological polar surface area (TPSA) is 72.6 Å². The molecule has 0 radical (unpaired) electrons. The minimum absolute atomic E-state index is 0.0288. The first-order chi connectivity index (χ1) is 8.30. The molecule has 7 heteroatoms. The van der Waals surface area contributed by atoms with Crippen molar-refractivity contribution in [3.05, 3.63) is 24.0 Å². The molecule has 0 saturated carbocycles. The van der Waals surface area contributed by atoms with Crippen molar-refractivity contribution in [2.75, 3.05) is 27.2 Å². The van der Waals surface area contributed by atoms with Crippen molar-refractivity contribution in [3.63, 3.8) is 0 Å². The molecule has 0 aliphatic rings. The van der Waals surface area contributed by atoms with Crippen LogP contribution in [0.5, 0.6) is 5.75 Å². The van der Waals surface area contributed by atoms with Crippen LogP contribution in [0, 0.1) is 5.82 Å². The normalized spacial score (nSPS) is 11.8. The SMILES string of the molecule is CN(C)CCCOc1ccc(S(N)(=O)=O)cc1F. The lowest BCUT2D eigenvalue weighted by molar-refractivity contribution is 0.271. The molecule has 1 aromatic rings. The highest BCUT2D eigenvalue weighted by molar-refractivity contribution is 7.89. The van der Waals surface area contributed by atoms with Gasteiger partial charge in [-0.15, -0.1) is 0 Å². The van der Waals surface area contributed by atoms with Gasteiger partial charge in [0, 0.05) is 6.54 Å². The highest BCUT2D eigenvalue weighted by Crippen LogP contribution is 2.20. The molecule has 0 spiro atoms. The van der Waals surface area contributed by atoms with Crippen molar-refractivity contribution in [1.29, 1.82) is 0 Å². The summed E-state index contributed by atoms with van der Waals surface area (Å²) in [6.07, 6.45) is 0.753. The van der Waals surface area contributed by atoms with Gasteiger partial charge in [-0.25, -0.2) is 17.9 Å². The number of nitrogens with two attached hydrogens (primary N) is 1. The van der Waals surface area contributed by atoms with Crippen molar-refractivity contribution in [3.8, 4) is 5.75 Å². The van der Waals surface area contributed by atoms with Crippen molar-refractivity contribution in [1.82, 2.24) is 4.90 Å². The maximum atomic E-state index is 13.5. The lowest BCUT2D eigenvalue weighted by Crippen LogP contribution is -2.16. The summed E-state index contributed by atoms with van der Waals surface area (Å²) in [4.78, 5) is 1.73. The Labute approximate surface area is 106 Å². The molecule has 0 bridgehead atoms. The van der Waals surface area contributed by atoms with Gasteiger partial charge in [-0.3, -0.25) is 0 Å². The molecular formula is C11H17FN2O3S. The lowest BCUT2D eigenvalue weighted by Gasteiger charge is -2.11. The molecule has 0 aliphatic heterocycles. The second kappa shape index (κ2) is 6.12. The van der Waals surface area contributed by atoms with Crippen LogP contribution in [0.15, 0.2) is 23.1 Å². The van der Waals surface area contributed by atoms with Gasteiger partial charge in [0.15, 0.2) is 11.6 Å². The number of halogens is 1. The quantitative estimate of drug-likeness (QED) is 0.780. The molecule has 2 N–H and O–H groups in total. The van der Waals surface area contributed by atoms with Gasteiger partial charge in [0.05, 0.1) is 11.5 Å². The van der Waals surface area contributed by atoms with Gasteiger partial charge in [-0.1, -0.05) is 0 Å². The minimum atomic E-state index is -3.88. The first-order valence-corrected chi connectivity index (χ1v) is 6.95. The molecule has 0 fully saturated rings. The van der Waals surface area contributed by atoms with Crippen LogP contribution >= 0.6 is 0 Å². The standard InChI is InChI=1S/C11H17FN2O3S/c1-14(2)6-3-7-17-11-5-4-9(8-10(11)12)18(13,15)16/h4-5,8H,3,6-7H2,1-2H3,(H2,13,15,16). The summed E-state index contributed by atoms with van der Waals surface area (Å²) in [5, 5.41) is 4.89. The van der Waals surface area contributed by atoms with E-state index in [1.54, 1.807) is 0 Å². The second-order valence-corrected chi connectivity index (χ2v) is 5.70. The third kappa shape index (κ3) is 4.59. The predicted molar refractivity (Wildman–Crippen MR) is 66.4 cm³/mol. The van der Waals surface area contributed by atoms with Gasteiger partial charge in [0.2, 0.25) is 10.0 Å².